The summed E-state index contributed by atoms with van der Waals surface area (Å²) in [6, 6.07) is 0.504. The summed E-state index contributed by atoms with van der Waals surface area (Å²) in [7, 11) is 0. The number of hydrogen-bond donors (Lipinski definition) is 1. The molecular weight excluding hydrogens is 194 g/mol. The van der Waals surface area contributed by atoms with E-state index in [1.807, 2.05) is 0 Å². The van der Waals surface area contributed by atoms with Crippen LogP contribution in [-0.2, 0) is 0 Å². The van der Waals surface area contributed by atoms with Crippen LogP contribution in [0.15, 0.2) is 0 Å². The van der Waals surface area contributed by atoms with E-state index >= 15 is 0 Å². The highest BCUT2D eigenvalue weighted by molar-refractivity contribution is 6.18. The van der Waals surface area contributed by atoms with Gasteiger partial charge in [-0.3, -0.25) is 0 Å². The summed E-state index contributed by atoms with van der Waals surface area (Å²) in [5.41, 5.74) is 0. The van der Waals surface area contributed by atoms with Crippen LogP contribution in [0.1, 0.15) is 47.0 Å². The molecule has 0 aromatic rings. The van der Waals surface area contributed by atoms with Gasteiger partial charge in [0, 0.05) is 11.9 Å². The number of rotatable bonds is 8. The molecule has 0 saturated carbocycles. The van der Waals surface area contributed by atoms with E-state index < -0.39 is 0 Å². The van der Waals surface area contributed by atoms with E-state index in [0.717, 1.165) is 24.3 Å². The summed E-state index contributed by atoms with van der Waals surface area (Å²) in [6.07, 6.45) is 3.76. The van der Waals surface area contributed by atoms with Gasteiger partial charge >= 0.3 is 0 Å². The zero-order chi connectivity index (χ0) is 11.0. The van der Waals surface area contributed by atoms with Crippen LogP contribution in [0.3, 0.4) is 0 Å². The summed E-state index contributed by atoms with van der Waals surface area (Å²) in [5.74, 6) is 2.28. The van der Waals surface area contributed by atoms with E-state index in [-0.39, 0.29) is 0 Å². The maximum absolute atomic E-state index is 5.89. The molecule has 0 spiro atoms. The molecule has 86 valence electrons. The summed E-state index contributed by atoms with van der Waals surface area (Å²) in [5, 5.41) is 3.52. The maximum atomic E-state index is 5.89. The molecule has 0 aromatic carbocycles. The van der Waals surface area contributed by atoms with E-state index in [9.17, 15) is 0 Å². The summed E-state index contributed by atoms with van der Waals surface area (Å²) >= 11 is 5.89. The van der Waals surface area contributed by atoms with Crippen molar-refractivity contribution in [3.8, 4) is 0 Å². The lowest BCUT2D eigenvalue weighted by Crippen LogP contribution is -2.32. The molecule has 1 unspecified atom stereocenters. The van der Waals surface area contributed by atoms with Gasteiger partial charge in [0.25, 0.3) is 0 Å². The molecule has 0 saturated heterocycles. The average Bonchev–Trinajstić information content (AvgIpc) is 2.09. The number of nitrogens with one attached hydrogen (secondary N) is 1. The first-order chi connectivity index (χ1) is 6.56. The monoisotopic (exact) mass is 219 g/mol. The minimum absolute atomic E-state index is 0.504. The van der Waals surface area contributed by atoms with Gasteiger partial charge in [0.05, 0.1) is 0 Å². The molecule has 1 atom stereocenters. The molecule has 0 radical (unpaired) electrons. The molecule has 0 fully saturated rings. The van der Waals surface area contributed by atoms with E-state index in [1.54, 1.807) is 0 Å². The second kappa shape index (κ2) is 8.55. The minimum atomic E-state index is 0.504. The van der Waals surface area contributed by atoms with E-state index in [0.29, 0.717) is 6.04 Å². The first-order valence-corrected chi connectivity index (χ1v) is 6.39. The lowest BCUT2D eigenvalue weighted by atomic mass is 10.0. The standard InChI is InChI=1S/C12H26ClN/c1-10(2)6-5-7-14-12(9-13)8-11(3)4/h10-12,14H,5-9H2,1-4H3. The van der Waals surface area contributed by atoms with Crippen molar-refractivity contribution < 1.29 is 0 Å². The van der Waals surface area contributed by atoms with Crippen LogP contribution in [0, 0.1) is 11.8 Å². The molecule has 1 N–H and O–H groups in total. The molecule has 2 heteroatoms. The lowest BCUT2D eigenvalue weighted by molar-refractivity contribution is 0.430. The van der Waals surface area contributed by atoms with Crippen molar-refractivity contribution in [1.82, 2.24) is 5.32 Å². The molecule has 0 aliphatic heterocycles. The second-order valence-corrected chi connectivity index (χ2v) is 5.28. The van der Waals surface area contributed by atoms with Gasteiger partial charge in [0.2, 0.25) is 0 Å². The Hall–Kier alpha value is 0.250. The van der Waals surface area contributed by atoms with Gasteiger partial charge in [-0.15, -0.1) is 11.6 Å². The Labute approximate surface area is 94.6 Å². The van der Waals surface area contributed by atoms with E-state index in [2.05, 4.69) is 33.0 Å². The van der Waals surface area contributed by atoms with Crippen molar-refractivity contribution in [1.29, 1.82) is 0 Å². The highest BCUT2D eigenvalue weighted by Crippen LogP contribution is 2.07. The Morgan fingerprint density at radius 2 is 1.71 bits per heavy atom. The Morgan fingerprint density at radius 1 is 1.07 bits per heavy atom. The van der Waals surface area contributed by atoms with Gasteiger partial charge in [0.1, 0.15) is 0 Å². The van der Waals surface area contributed by atoms with E-state index in [1.165, 1.54) is 19.3 Å². The first-order valence-electron chi connectivity index (χ1n) is 5.85. The fourth-order valence-corrected chi connectivity index (χ4v) is 1.82. The van der Waals surface area contributed by atoms with Crippen LogP contribution in [0.5, 0.6) is 0 Å². The summed E-state index contributed by atoms with van der Waals surface area (Å²) in [6.45, 7) is 10.1. The van der Waals surface area contributed by atoms with Crippen LogP contribution >= 0.6 is 11.6 Å². The maximum Gasteiger partial charge on any atom is 0.0377 e. The quantitative estimate of drug-likeness (QED) is 0.485. The average molecular weight is 220 g/mol. The zero-order valence-corrected chi connectivity index (χ0v) is 10.9. The number of halogens is 1. The van der Waals surface area contributed by atoms with Crippen molar-refractivity contribution in [2.75, 3.05) is 12.4 Å². The Bertz CT molecular complexity index is 123. The summed E-state index contributed by atoms with van der Waals surface area (Å²) < 4.78 is 0. The fraction of sp³-hybridized carbons (Fsp3) is 1.00. The second-order valence-electron chi connectivity index (χ2n) is 4.97. The lowest BCUT2D eigenvalue weighted by Gasteiger charge is -2.18. The SMILES string of the molecule is CC(C)CCCNC(CCl)CC(C)C. The molecule has 1 nitrogen and oxygen atoms in total. The molecular formula is C12H26ClN. The van der Waals surface area contributed by atoms with Crippen molar-refractivity contribution in [3.63, 3.8) is 0 Å². The predicted molar refractivity (Wildman–Crippen MR) is 66.0 cm³/mol. The fourth-order valence-electron chi connectivity index (χ4n) is 1.59. The third kappa shape index (κ3) is 8.83. The van der Waals surface area contributed by atoms with Gasteiger partial charge in [0.15, 0.2) is 0 Å². The van der Waals surface area contributed by atoms with Crippen LogP contribution in [0.4, 0.5) is 0 Å². The van der Waals surface area contributed by atoms with Crippen LogP contribution in [0.25, 0.3) is 0 Å². The largest absolute Gasteiger partial charge is 0.313 e. The van der Waals surface area contributed by atoms with Crippen LogP contribution in [-0.4, -0.2) is 18.5 Å². The van der Waals surface area contributed by atoms with Gasteiger partial charge in [-0.05, 0) is 37.6 Å². The van der Waals surface area contributed by atoms with Crippen molar-refractivity contribution in [3.05, 3.63) is 0 Å². The van der Waals surface area contributed by atoms with Gasteiger partial charge < -0.3 is 5.32 Å². The topological polar surface area (TPSA) is 12.0 Å². The zero-order valence-electron chi connectivity index (χ0n) is 10.1. The van der Waals surface area contributed by atoms with Crippen LogP contribution in [0.2, 0.25) is 0 Å². The van der Waals surface area contributed by atoms with Crippen molar-refractivity contribution in [2.24, 2.45) is 11.8 Å². The molecule has 0 aliphatic carbocycles. The smallest absolute Gasteiger partial charge is 0.0377 e. The highest BCUT2D eigenvalue weighted by Gasteiger charge is 2.08. The molecule has 0 rings (SSSR count). The minimum Gasteiger partial charge on any atom is -0.313 e. The molecule has 0 bridgehead atoms. The van der Waals surface area contributed by atoms with Crippen LogP contribution < -0.4 is 5.32 Å². The predicted octanol–water partition coefficient (Wildman–Crippen LogP) is 3.67. The van der Waals surface area contributed by atoms with E-state index in [4.69, 9.17) is 11.6 Å². The molecule has 0 aliphatic rings. The number of alkyl halides is 1. The molecule has 0 amide bonds. The molecule has 14 heavy (non-hydrogen) atoms. The Morgan fingerprint density at radius 3 is 2.14 bits per heavy atom. The third-order valence-electron chi connectivity index (χ3n) is 2.33. The first kappa shape index (κ1) is 14.2. The van der Waals surface area contributed by atoms with Gasteiger partial charge in [-0.2, -0.15) is 0 Å². The Balaban J connectivity index is 3.43. The normalized spacial score (nSPS) is 13.9. The highest BCUT2D eigenvalue weighted by atomic mass is 35.5. The van der Waals surface area contributed by atoms with Crippen molar-refractivity contribution >= 4 is 11.6 Å². The molecule has 0 heterocycles. The molecule has 0 aromatic heterocycles. The van der Waals surface area contributed by atoms with Crippen molar-refractivity contribution in [2.45, 2.75) is 53.0 Å². The van der Waals surface area contributed by atoms with Gasteiger partial charge in [-0.1, -0.05) is 27.7 Å². The third-order valence-corrected chi connectivity index (χ3v) is 2.71. The summed E-state index contributed by atoms with van der Waals surface area (Å²) in [4.78, 5) is 0. The van der Waals surface area contributed by atoms with Gasteiger partial charge in [-0.25, -0.2) is 0 Å². The Kier molecular flexibility index (Phi) is 8.70. The number of hydrogen-bond acceptors (Lipinski definition) is 1.